The summed E-state index contributed by atoms with van der Waals surface area (Å²) in [5.41, 5.74) is 0.584. The largest absolute Gasteiger partial charge is 0.481 e. The average molecular weight is 290 g/mol. The van der Waals surface area contributed by atoms with E-state index in [0.717, 1.165) is 19.5 Å². The highest BCUT2D eigenvalue weighted by molar-refractivity contribution is 5.94. The fraction of sp³-hybridized carbons (Fsp3) is 0.500. The third kappa shape index (κ3) is 3.82. The summed E-state index contributed by atoms with van der Waals surface area (Å²) >= 11 is 0. The number of rotatable bonds is 5. The number of carbonyl (C=O) groups excluding carboxylic acids is 2. The molecular formula is C16H22N2O3. The Kier molecular flexibility index (Phi) is 4.96. The summed E-state index contributed by atoms with van der Waals surface area (Å²) in [5, 5.41) is 3.24. The number of benzene rings is 1. The van der Waals surface area contributed by atoms with Crippen molar-refractivity contribution >= 4 is 11.7 Å². The van der Waals surface area contributed by atoms with Crippen LogP contribution >= 0.6 is 0 Å². The van der Waals surface area contributed by atoms with Gasteiger partial charge in [0.25, 0.3) is 5.91 Å². The molecule has 5 heteroatoms. The number of likely N-dealkylation sites (N-methyl/N-ethyl adjacent to an activating group) is 1. The smallest absolute Gasteiger partial charge is 0.263 e. The van der Waals surface area contributed by atoms with Crippen LogP contribution < -0.4 is 10.1 Å². The summed E-state index contributed by atoms with van der Waals surface area (Å²) in [4.78, 5) is 25.5. The number of amides is 1. The first kappa shape index (κ1) is 15.5. The summed E-state index contributed by atoms with van der Waals surface area (Å²) in [6, 6.07) is 7.15. The van der Waals surface area contributed by atoms with Crippen LogP contribution in [0.2, 0.25) is 0 Å². The van der Waals surface area contributed by atoms with Crippen LogP contribution in [0.4, 0.5) is 0 Å². The molecule has 0 aromatic heterocycles. The molecule has 2 unspecified atom stereocenters. The lowest BCUT2D eigenvalue weighted by Crippen LogP contribution is -2.44. The molecule has 1 amide bonds. The predicted molar refractivity (Wildman–Crippen MR) is 80.6 cm³/mol. The van der Waals surface area contributed by atoms with Crippen molar-refractivity contribution in [2.24, 2.45) is 0 Å². The molecule has 0 saturated carbocycles. The Bertz CT molecular complexity index is 524. The first-order chi connectivity index (χ1) is 9.99. The second-order valence-corrected chi connectivity index (χ2v) is 5.44. The molecule has 1 aromatic carbocycles. The summed E-state index contributed by atoms with van der Waals surface area (Å²) in [6.45, 7) is 5.02. The molecule has 1 heterocycles. The van der Waals surface area contributed by atoms with Crippen molar-refractivity contribution in [1.29, 1.82) is 0 Å². The van der Waals surface area contributed by atoms with E-state index in [-0.39, 0.29) is 17.7 Å². The third-order valence-corrected chi connectivity index (χ3v) is 3.83. The van der Waals surface area contributed by atoms with E-state index < -0.39 is 6.10 Å². The summed E-state index contributed by atoms with van der Waals surface area (Å²) in [7, 11) is 1.81. The molecule has 5 nitrogen and oxygen atoms in total. The number of hydrogen-bond donors (Lipinski definition) is 1. The van der Waals surface area contributed by atoms with Gasteiger partial charge in [0.15, 0.2) is 11.9 Å². The van der Waals surface area contributed by atoms with Crippen LogP contribution in [0.5, 0.6) is 5.75 Å². The van der Waals surface area contributed by atoms with Crippen LogP contribution in [-0.4, -0.2) is 48.9 Å². The Balaban J connectivity index is 1.99. The fourth-order valence-electron chi connectivity index (χ4n) is 2.48. The van der Waals surface area contributed by atoms with E-state index in [1.807, 2.05) is 7.05 Å². The maximum absolute atomic E-state index is 12.4. The highest BCUT2D eigenvalue weighted by Gasteiger charge is 2.27. The normalized spacial score (nSPS) is 19.1. The molecular weight excluding hydrogens is 268 g/mol. The van der Waals surface area contributed by atoms with Gasteiger partial charge < -0.3 is 15.0 Å². The van der Waals surface area contributed by atoms with Gasteiger partial charge in [0.1, 0.15) is 5.75 Å². The molecule has 0 radical (unpaired) electrons. The minimum Gasteiger partial charge on any atom is -0.481 e. The maximum Gasteiger partial charge on any atom is 0.263 e. The van der Waals surface area contributed by atoms with Crippen LogP contribution in [0.3, 0.4) is 0 Å². The van der Waals surface area contributed by atoms with Crippen molar-refractivity contribution in [3.63, 3.8) is 0 Å². The number of nitrogens with zero attached hydrogens (tertiary/aromatic N) is 1. The van der Waals surface area contributed by atoms with Gasteiger partial charge in [0.2, 0.25) is 0 Å². The minimum absolute atomic E-state index is 0.0198. The molecule has 1 aromatic rings. The molecule has 1 aliphatic heterocycles. The van der Waals surface area contributed by atoms with Crippen LogP contribution in [0.25, 0.3) is 0 Å². The monoisotopic (exact) mass is 290 g/mol. The molecule has 2 rings (SSSR count). The second kappa shape index (κ2) is 6.72. The topological polar surface area (TPSA) is 58.6 Å². The lowest BCUT2D eigenvalue weighted by molar-refractivity contribution is -0.138. The first-order valence-electron chi connectivity index (χ1n) is 7.24. The number of ether oxygens (including phenoxy) is 1. The fourth-order valence-corrected chi connectivity index (χ4v) is 2.48. The Morgan fingerprint density at radius 1 is 1.43 bits per heavy atom. The number of nitrogens with one attached hydrogen (secondary N) is 1. The van der Waals surface area contributed by atoms with Crippen molar-refractivity contribution in [2.45, 2.75) is 32.4 Å². The molecule has 1 saturated heterocycles. The van der Waals surface area contributed by atoms with Crippen LogP contribution in [0, 0.1) is 0 Å². The van der Waals surface area contributed by atoms with E-state index in [0.29, 0.717) is 11.3 Å². The van der Waals surface area contributed by atoms with Crippen LogP contribution in [-0.2, 0) is 4.79 Å². The Morgan fingerprint density at radius 2 is 2.19 bits per heavy atom. The van der Waals surface area contributed by atoms with Gasteiger partial charge in [-0.2, -0.15) is 0 Å². The van der Waals surface area contributed by atoms with E-state index in [1.165, 1.54) is 6.92 Å². The Hall–Kier alpha value is -1.88. The van der Waals surface area contributed by atoms with Gasteiger partial charge in [-0.3, -0.25) is 9.59 Å². The Morgan fingerprint density at radius 3 is 2.81 bits per heavy atom. The maximum atomic E-state index is 12.4. The van der Waals surface area contributed by atoms with E-state index in [1.54, 1.807) is 36.1 Å². The molecule has 114 valence electrons. The minimum atomic E-state index is -0.571. The van der Waals surface area contributed by atoms with E-state index in [4.69, 9.17) is 4.74 Å². The number of ketones is 1. The molecule has 0 aliphatic carbocycles. The number of hydrogen-bond acceptors (Lipinski definition) is 4. The van der Waals surface area contributed by atoms with Gasteiger partial charge in [0.05, 0.1) is 0 Å². The van der Waals surface area contributed by atoms with E-state index in [9.17, 15) is 9.59 Å². The van der Waals surface area contributed by atoms with E-state index in [2.05, 4.69) is 5.32 Å². The predicted octanol–water partition coefficient (Wildman–Crippen LogP) is 1.48. The molecule has 0 spiro atoms. The van der Waals surface area contributed by atoms with Gasteiger partial charge in [-0.15, -0.1) is 0 Å². The molecule has 2 atom stereocenters. The zero-order valence-electron chi connectivity index (χ0n) is 12.8. The molecule has 1 fully saturated rings. The third-order valence-electron chi connectivity index (χ3n) is 3.83. The van der Waals surface area contributed by atoms with Gasteiger partial charge in [0, 0.05) is 25.2 Å². The van der Waals surface area contributed by atoms with Crippen molar-refractivity contribution in [3.8, 4) is 5.75 Å². The van der Waals surface area contributed by atoms with Crippen molar-refractivity contribution < 1.29 is 14.3 Å². The van der Waals surface area contributed by atoms with Gasteiger partial charge >= 0.3 is 0 Å². The zero-order valence-corrected chi connectivity index (χ0v) is 12.8. The summed E-state index contributed by atoms with van der Waals surface area (Å²) < 4.78 is 5.68. The Labute approximate surface area is 125 Å². The molecule has 1 aliphatic rings. The van der Waals surface area contributed by atoms with Gasteiger partial charge in [-0.05, 0) is 38.9 Å². The summed E-state index contributed by atoms with van der Waals surface area (Å²) in [6.07, 6.45) is 0.396. The lowest BCUT2D eigenvalue weighted by atomic mass is 10.1. The second-order valence-electron chi connectivity index (χ2n) is 5.44. The molecule has 0 bridgehead atoms. The highest BCUT2D eigenvalue weighted by Crippen LogP contribution is 2.17. The van der Waals surface area contributed by atoms with Gasteiger partial charge in [-0.25, -0.2) is 0 Å². The summed E-state index contributed by atoms with van der Waals surface area (Å²) in [5.74, 6) is 0.479. The van der Waals surface area contributed by atoms with Gasteiger partial charge in [-0.1, -0.05) is 12.1 Å². The van der Waals surface area contributed by atoms with Crippen LogP contribution in [0.15, 0.2) is 24.3 Å². The van der Waals surface area contributed by atoms with Crippen molar-refractivity contribution in [3.05, 3.63) is 29.8 Å². The quantitative estimate of drug-likeness (QED) is 0.835. The van der Waals surface area contributed by atoms with E-state index >= 15 is 0 Å². The standard InChI is InChI=1S/C16H22N2O3/c1-11(19)13-5-4-6-15(9-13)21-12(2)16(20)18(3)14-7-8-17-10-14/h4-6,9,12,14,17H,7-8,10H2,1-3H3. The van der Waals surface area contributed by atoms with Crippen LogP contribution in [0.1, 0.15) is 30.6 Å². The van der Waals surface area contributed by atoms with Crippen molar-refractivity contribution in [1.82, 2.24) is 10.2 Å². The number of carbonyl (C=O) groups is 2. The lowest BCUT2D eigenvalue weighted by Gasteiger charge is -2.27. The first-order valence-corrected chi connectivity index (χ1v) is 7.24. The number of Topliss-reactive ketones (excluding diaryl/α,β-unsaturated/α-hetero) is 1. The molecule has 21 heavy (non-hydrogen) atoms. The molecule has 1 N–H and O–H groups in total. The SMILES string of the molecule is CC(=O)c1cccc(OC(C)C(=O)N(C)C2CCNC2)c1. The zero-order chi connectivity index (χ0) is 15.4. The highest BCUT2D eigenvalue weighted by atomic mass is 16.5. The van der Waals surface area contributed by atoms with Crippen molar-refractivity contribution in [2.75, 3.05) is 20.1 Å². The average Bonchev–Trinajstić information content (AvgIpc) is 3.00.